The molecule has 0 bridgehead atoms. The molecule has 8 heteroatoms. The van der Waals surface area contributed by atoms with Crippen molar-refractivity contribution in [2.75, 3.05) is 0 Å². The summed E-state index contributed by atoms with van der Waals surface area (Å²) in [7, 11) is 6.72. The summed E-state index contributed by atoms with van der Waals surface area (Å²) in [5.41, 5.74) is -7.04. The van der Waals surface area contributed by atoms with Crippen molar-refractivity contribution < 1.29 is 13.2 Å². The molecular weight excluding hydrogens is 231 g/mol. The zero-order valence-electron chi connectivity index (χ0n) is 13.3. The molecule has 0 rings (SSSR count). The van der Waals surface area contributed by atoms with Crippen LogP contribution in [0.25, 0.3) is 0 Å². The van der Waals surface area contributed by atoms with Crippen LogP contribution in [-0.4, -0.2) is 55.9 Å². The van der Waals surface area contributed by atoms with Gasteiger partial charge in [0.2, 0.25) is 0 Å². The van der Waals surface area contributed by atoms with Crippen molar-refractivity contribution >= 4 is 39.2 Å². The monoisotopic (exact) mass is 256 g/mol. The fourth-order valence-corrected chi connectivity index (χ4v) is 2.15. The molecule has 0 aromatic heterocycles. The third-order valence-corrected chi connectivity index (χ3v) is 5.54. The molecule has 0 heterocycles. The molecule has 3 unspecified atom stereocenters. The van der Waals surface area contributed by atoms with Crippen LogP contribution in [0.4, 0.5) is 13.2 Å². The molecule has 0 spiro atoms. The minimum absolute atomic E-state index is 0.0921. The third kappa shape index (κ3) is 2.41. The van der Waals surface area contributed by atoms with E-state index in [2.05, 4.69) is 0 Å². The van der Waals surface area contributed by atoms with E-state index in [1.165, 1.54) is 7.85 Å². The van der Waals surface area contributed by atoms with E-state index in [0.717, 1.165) is 15.7 Å². The first-order valence-electron chi connectivity index (χ1n) is 6.70. The standard InChI is InChI=1S/C10H24B5F3/c1-5(2)7(11,12)9(14,17)10(15,18)8(13,16)6(3)4/h5-6H,11-15H2,1-4H3. The summed E-state index contributed by atoms with van der Waals surface area (Å²) < 4.78 is 44.8. The van der Waals surface area contributed by atoms with Gasteiger partial charge in [0, 0.05) is 0 Å². The maximum atomic E-state index is 15.1. The van der Waals surface area contributed by atoms with E-state index in [9.17, 15) is 4.39 Å². The van der Waals surface area contributed by atoms with Crippen LogP contribution in [0.1, 0.15) is 27.7 Å². The van der Waals surface area contributed by atoms with Crippen molar-refractivity contribution in [1.82, 2.24) is 0 Å². The molecule has 100 valence electrons. The van der Waals surface area contributed by atoms with E-state index < -0.39 is 27.8 Å². The van der Waals surface area contributed by atoms with Gasteiger partial charge >= 0.3 is 0 Å². The molecule has 0 aromatic rings. The molecular formula is C10H24B5F3. The Balaban J connectivity index is 5.74. The van der Waals surface area contributed by atoms with E-state index in [4.69, 9.17) is 0 Å². The molecule has 0 N–H and O–H groups in total. The Morgan fingerprint density at radius 3 is 1.22 bits per heavy atom. The Hall–Kier alpha value is 0.115. The van der Waals surface area contributed by atoms with Crippen molar-refractivity contribution in [2.45, 2.75) is 49.6 Å². The van der Waals surface area contributed by atoms with Gasteiger partial charge in [-0.1, -0.05) is 38.8 Å². The van der Waals surface area contributed by atoms with Crippen molar-refractivity contribution in [1.29, 1.82) is 0 Å². The van der Waals surface area contributed by atoms with E-state index >= 15 is 8.78 Å². The third-order valence-electron chi connectivity index (χ3n) is 5.54. The Bertz CT molecular complexity index is 270. The fourth-order valence-electron chi connectivity index (χ4n) is 2.15. The first-order valence-corrected chi connectivity index (χ1v) is 6.70. The van der Waals surface area contributed by atoms with Gasteiger partial charge in [-0.05, 0) is 5.92 Å². The summed E-state index contributed by atoms with van der Waals surface area (Å²) in [6, 6.07) is 0. The largest absolute Gasteiger partial charge is 0.252 e. The molecule has 0 saturated heterocycles. The number of rotatable bonds is 5. The lowest BCUT2D eigenvalue weighted by atomic mass is 9.30. The SMILES string of the molecule is BC(B)(C(C)C)C(B)(F)C(B)(F)C(B)(F)C(C)C. The van der Waals surface area contributed by atoms with Crippen LogP contribution in [-0.2, 0) is 0 Å². The number of halogens is 3. The number of hydrogen-bond donors (Lipinski definition) is 0. The van der Waals surface area contributed by atoms with E-state index in [1.807, 2.05) is 13.8 Å². The van der Waals surface area contributed by atoms with Crippen LogP contribution < -0.4 is 0 Å². The number of alkyl halides is 3. The highest BCUT2D eigenvalue weighted by Gasteiger charge is 2.64. The predicted molar refractivity (Wildman–Crippen MR) is 86.6 cm³/mol. The topological polar surface area (TPSA) is 0 Å². The summed E-state index contributed by atoms with van der Waals surface area (Å²) in [6.07, 6.45) is 0. The molecule has 3 atom stereocenters. The van der Waals surface area contributed by atoms with Crippen molar-refractivity contribution in [3.05, 3.63) is 0 Å². The second-order valence-corrected chi connectivity index (χ2v) is 7.11. The Morgan fingerprint density at radius 1 is 0.667 bits per heavy atom. The molecule has 0 radical (unpaired) electrons. The Kier molecular flexibility index (Phi) is 4.93. The van der Waals surface area contributed by atoms with Crippen LogP contribution in [0.3, 0.4) is 0 Å². The first-order chi connectivity index (χ1) is 7.64. The molecule has 0 fully saturated rings. The quantitative estimate of drug-likeness (QED) is 0.529. The molecule has 0 aliphatic rings. The summed E-state index contributed by atoms with van der Waals surface area (Å²) in [6.45, 7) is 6.82. The second-order valence-electron chi connectivity index (χ2n) is 7.11. The van der Waals surface area contributed by atoms with Crippen LogP contribution in [0, 0.1) is 11.8 Å². The molecule has 0 nitrogen and oxygen atoms in total. The average molecular weight is 255 g/mol. The van der Waals surface area contributed by atoms with Gasteiger partial charge in [0.1, 0.15) is 26.8 Å². The van der Waals surface area contributed by atoms with Gasteiger partial charge < -0.3 is 0 Å². The van der Waals surface area contributed by atoms with E-state index in [-0.39, 0.29) is 5.92 Å². The summed E-state index contributed by atoms with van der Waals surface area (Å²) in [5, 5.41) is -0.960. The van der Waals surface area contributed by atoms with Gasteiger partial charge in [0.05, 0.1) is 5.57 Å². The maximum absolute atomic E-state index is 15.1. The second kappa shape index (κ2) is 4.90. The zero-order valence-corrected chi connectivity index (χ0v) is 13.3. The lowest BCUT2D eigenvalue weighted by molar-refractivity contribution is -0.0405. The van der Waals surface area contributed by atoms with E-state index in [1.54, 1.807) is 29.5 Å². The molecule has 0 aliphatic heterocycles. The van der Waals surface area contributed by atoms with Crippen LogP contribution >= 0.6 is 0 Å². The van der Waals surface area contributed by atoms with Gasteiger partial charge in [-0.25, -0.2) is 4.39 Å². The van der Waals surface area contributed by atoms with Gasteiger partial charge in [-0.15, -0.1) is 0 Å². The lowest BCUT2D eigenvalue weighted by Gasteiger charge is -2.54. The highest BCUT2D eigenvalue weighted by molar-refractivity contribution is 6.47. The molecule has 0 saturated carbocycles. The van der Waals surface area contributed by atoms with Gasteiger partial charge in [0.15, 0.2) is 23.5 Å². The Morgan fingerprint density at radius 2 is 1.00 bits per heavy atom. The summed E-state index contributed by atoms with van der Waals surface area (Å²) >= 11 is 0. The molecule has 0 aliphatic carbocycles. The highest BCUT2D eigenvalue weighted by atomic mass is 19.2. The van der Waals surface area contributed by atoms with Crippen LogP contribution in [0.5, 0.6) is 0 Å². The molecule has 0 amide bonds. The fraction of sp³-hybridized carbons (Fsp3) is 1.00. The minimum atomic E-state index is -2.55. The van der Waals surface area contributed by atoms with Crippen LogP contribution in [0.2, 0.25) is 5.21 Å². The van der Waals surface area contributed by atoms with Crippen molar-refractivity contribution in [3.8, 4) is 0 Å². The summed E-state index contributed by atoms with van der Waals surface area (Å²) in [4.78, 5) is 0. The average Bonchev–Trinajstić information content (AvgIpc) is 2.15. The maximum Gasteiger partial charge on any atom is 0.156 e. The Labute approximate surface area is 114 Å². The smallest absolute Gasteiger partial charge is 0.156 e. The summed E-state index contributed by atoms with van der Waals surface area (Å²) in [5.74, 6) is -0.684. The minimum Gasteiger partial charge on any atom is -0.252 e. The van der Waals surface area contributed by atoms with Gasteiger partial charge in [0.25, 0.3) is 0 Å². The predicted octanol–water partition coefficient (Wildman–Crippen LogP) is -1.42. The zero-order chi connectivity index (χ0) is 15.2. The van der Waals surface area contributed by atoms with Gasteiger partial charge in [-0.2, -0.15) is 0 Å². The first kappa shape index (κ1) is 18.1. The van der Waals surface area contributed by atoms with Crippen molar-refractivity contribution in [3.63, 3.8) is 0 Å². The van der Waals surface area contributed by atoms with Crippen molar-refractivity contribution in [2.24, 2.45) is 11.8 Å². The highest BCUT2D eigenvalue weighted by Crippen LogP contribution is 2.52. The molecule has 18 heavy (non-hydrogen) atoms. The van der Waals surface area contributed by atoms with E-state index in [0.29, 0.717) is 0 Å². The lowest BCUT2D eigenvalue weighted by Crippen LogP contribution is -2.69. The van der Waals surface area contributed by atoms with Crippen LogP contribution in [0.15, 0.2) is 0 Å². The van der Waals surface area contributed by atoms with Gasteiger partial charge in [-0.3, -0.25) is 8.78 Å². The molecule has 0 aromatic carbocycles. The normalized spacial score (nSPS) is 23.4. The number of hydrogen-bond acceptors (Lipinski definition) is 0.